The molecule has 1 rings (SSSR count). The van der Waals surface area contributed by atoms with E-state index in [9.17, 15) is 13.2 Å². The second-order valence-electron chi connectivity index (χ2n) is 2.44. The van der Waals surface area contributed by atoms with Crippen molar-refractivity contribution in [3.8, 4) is 0 Å². The van der Waals surface area contributed by atoms with Crippen LogP contribution in [-0.4, -0.2) is 14.3 Å². The third kappa shape index (κ3) is 2.27. The third-order valence-corrected chi connectivity index (χ3v) is 2.36. The summed E-state index contributed by atoms with van der Waals surface area (Å²) in [6.07, 6.45) is 0. The van der Waals surface area contributed by atoms with E-state index in [1.54, 1.807) is 0 Å². The van der Waals surface area contributed by atoms with Gasteiger partial charge in [-0.15, -0.1) is 0 Å². The Morgan fingerprint density at radius 3 is 2.38 bits per heavy atom. The van der Waals surface area contributed by atoms with Crippen LogP contribution in [0.3, 0.4) is 0 Å². The second kappa shape index (κ2) is 3.15. The Morgan fingerprint density at radius 1 is 1.31 bits per heavy atom. The van der Waals surface area contributed by atoms with Crippen molar-refractivity contribution in [2.24, 2.45) is 10.9 Å². The van der Waals surface area contributed by atoms with Gasteiger partial charge in [0, 0.05) is 5.56 Å². The quantitative estimate of drug-likeness (QED) is 0.668. The highest BCUT2D eigenvalue weighted by atomic mass is 32.2. The third-order valence-electron chi connectivity index (χ3n) is 1.45. The highest BCUT2D eigenvalue weighted by molar-refractivity contribution is 7.89. The molecule has 0 unspecified atom stereocenters. The molecule has 0 aliphatic rings. The Morgan fingerprint density at radius 2 is 1.92 bits per heavy atom. The molecule has 70 valence electrons. The number of nitrogens with two attached hydrogens (primary N) is 2. The van der Waals surface area contributed by atoms with Crippen LogP contribution >= 0.6 is 0 Å². The zero-order chi connectivity index (χ0) is 10.1. The zero-order valence-corrected chi connectivity index (χ0v) is 7.41. The van der Waals surface area contributed by atoms with Crippen LogP contribution in [0.4, 0.5) is 0 Å². The van der Waals surface area contributed by atoms with E-state index in [-0.39, 0.29) is 10.5 Å². The van der Waals surface area contributed by atoms with Gasteiger partial charge in [-0.2, -0.15) is 0 Å². The van der Waals surface area contributed by atoms with Crippen molar-refractivity contribution in [3.05, 3.63) is 29.8 Å². The summed E-state index contributed by atoms with van der Waals surface area (Å²) in [4.78, 5) is 10.5. The number of amides is 1. The molecule has 0 radical (unpaired) electrons. The lowest BCUT2D eigenvalue weighted by molar-refractivity contribution is 0.1000. The van der Waals surface area contributed by atoms with Crippen LogP contribution in [-0.2, 0) is 10.0 Å². The van der Waals surface area contributed by atoms with Crippen molar-refractivity contribution in [2.75, 3.05) is 0 Å². The molecule has 1 aromatic carbocycles. The summed E-state index contributed by atoms with van der Waals surface area (Å²) >= 11 is 0. The van der Waals surface area contributed by atoms with Crippen LogP contribution in [0.15, 0.2) is 29.2 Å². The number of hydrogen-bond acceptors (Lipinski definition) is 3. The van der Waals surface area contributed by atoms with Gasteiger partial charge in [-0.3, -0.25) is 4.79 Å². The number of carbonyl (C=O) groups excluding carboxylic acids is 1. The average molecular weight is 200 g/mol. The molecule has 0 fully saturated rings. The minimum absolute atomic E-state index is 0.117. The van der Waals surface area contributed by atoms with E-state index in [4.69, 9.17) is 10.9 Å². The molecular weight excluding hydrogens is 192 g/mol. The summed E-state index contributed by atoms with van der Waals surface area (Å²) in [7, 11) is -3.77. The molecule has 5 nitrogen and oxygen atoms in total. The van der Waals surface area contributed by atoms with E-state index in [0.29, 0.717) is 0 Å². The van der Waals surface area contributed by atoms with Crippen molar-refractivity contribution >= 4 is 15.9 Å². The van der Waals surface area contributed by atoms with Crippen LogP contribution in [0, 0.1) is 0 Å². The minimum Gasteiger partial charge on any atom is -0.366 e. The highest BCUT2D eigenvalue weighted by Gasteiger charge is 2.09. The van der Waals surface area contributed by atoms with E-state index in [1.807, 2.05) is 0 Å². The van der Waals surface area contributed by atoms with Gasteiger partial charge in [0.15, 0.2) is 0 Å². The number of primary amides is 1. The van der Waals surface area contributed by atoms with Crippen molar-refractivity contribution < 1.29 is 13.2 Å². The molecule has 4 N–H and O–H groups in total. The van der Waals surface area contributed by atoms with E-state index in [1.165, 1.54) is 18.2 Å². The van der Waals surface area contributed by atoms with Crippen molar-refractivity contribution in [3.63, 3.8) is 0 Å². The average Bonchev–Trinajstić information content (AvgIpc) is 2.03. The molecule has 0 heterocycles. The maximum Gasteiger partial charge on any atom is 0.248 e. The first-order valence-electron chi connectivity index (χ1n) is 3.34. The normalized spacial score (nSPS) is 11.2. The number of carbonyl (C=O) groups is 1. The fraction of sp³-hybridized carbons (Fsp3) is 0. The zero-order valence-electron chi connectivity index (χ0n) is 6.60. The number of primary sulfonamides is 1. The molecule has 1 aromatic rings. The molecule has 13 heavy (non-hydrogen) atoms. The van der Waals surface area contributed by atoms with Crippen LogP contribution in [0.25, 0.3) is 0 Å². The van der Waals surface area contributed by atoms with Crippen LogP contribution < -0.4 is 10.9 Å². The Labute approximate surface area is 75.4 Å². The summed E-state index contributed by atoms with van der Waals surface area (Å²) in [5.74, 6) is -0.689. The molecule has 0 saturated carbocycles. The first-order chi connectivity index (χ1) is 5.91. The van der Waals surface area contributed by atoms with Gasteiger partial charge in [-0.05, 0) is 18.2 Å². The second-order valence-corrected chi connectivity index (χ2v) is 4.00. The topological polar surface area (TPSA) is 103 Å². The van der Waals surface area contributed by atoms with Gasteiger partial charge in [-0.1, -0.05) is 6.07 Å². The highest BCUT2D eigenvalue weighted by Crippen LogP contribution is 2.08. The van der Waals surface area contributed by atoms with Crippen molar-refractivity contribution in [1.29, 1.82) is 0 Å². The molecule has 6 heteroatoms. The largest absolute Gasteiger partial charge is 0.366 e. The van der Waals surface area contributed by atoms with Crippen LogP contribution in [0.2, 0.25) is 0 Å². The first-order valence-corrected chi connectivity index (χ1v) is 4.88. The molecule has 0 atom stereocenters. The van der Waals surface area contributed by atoms with Crippen molar-refractivity contribution in [2.45, 2.75) is 4.90 Å². The van der Waals surface area contributed by atoms with Gasteiger partial charge in [0.05, 0.1) is 4.90 Å². The van der Waals surface area contributed by atoms with Crippen molar-refractivity contribution in [1.82, 2.24) is 0 Å². The summed E-state index contributed by atoms with van der Waals surface area (Å²) in [6, 6.07) is 5.25. The van der Waals surface area contributed by atoms with Crippen LogP contribution in [0.5, 0.6) is 0 Å². The van der Waals surface area contributed by atoms with Gasteiger partial charge >= 0.3 is 0 Å². The minimum atomic E-state index is -3.77. The first kappa shape index (κ1) is 9.69. The number of sulfonamides is 1. The van der Waals surface area contributed by atoms with Gasteiger partial charge in [-0.25, -0.2) is 13.6 Å². The summed E-state index contributed by atoms with van der Waals surface area (Å²) in [6.45, 7) is 0. The Bertz CT molecular complexity index is 439. The number of benzene rings is 1. The molecular formula is C7H8N2O3S. The van der Waals surface area contributed by atoms with Gasteiger partial charge in [0.1, 0.15) is 0 Å². The molecule has 1 amide bonds. The van der Waals surface area contributed by atoms with Gasteiger partial charge in [0.25, 0.3) is 0 Å². The predicted molar refractivity (Wildman–Crippen MR) is 46.3 cm³/mol. The molecule has 0 bridgehead atoms. The molecule has 0 aliphatic carbocycles. The fourth-order valence-electron chi connectivity index (χ4n) is 0.826. The predicted octanol–water partition coefficient (Wildman–Crippen LogP) is -0.567. The molecule has 0 aromatic heterocycles. The number of hydrogen-bond donors (Lipinski definition) is 2. The van der Waals surface area contributed by atoms with E-state index < -0.39 is 15.9 Å². The fourth-order valence-corrected chi connectivity index (χ4v) is 1.39. The van der Waals surface area contributed by atoms with Gasteiger partial charge in [0.2, 0.25) is 15.9 Å². The van der Waals surface area contributed by atoms with E-state index >= 15 is 0 Å². The van der Waals surface area contributed by atoms with E-state index in [2.05, 4.69) is 0 Å². The SMILES string of the molecule is NC(=O)c1cccc(S(N)(=O)=O)c1. The Hall–Kier alpha value is -1.40. The lowest BCUT2D eigenvalue weighted by Gasteiger charge is -1.99. The molecule has 0 saturated heterocycles. The van der Waals surface area contributed by atoms with Crippen LogP contribution in [0.1, 0.15) is 10.4 Å². The lowest BCUT2D eigenvalue weighted by Crippen LogP contribution is -2.15. The standard InChI is InChI=1S/C7H8N2O3S/c8-7(10)5-2-1-3-6(4-5)13(9,11)12/h1-4H,(H2,8,10)(H2,9,11,12). The maximum atomic E-state index is 10.8. The van der Waals surface area contributed by atoms with E-state index in [0.717, 1.165) is 6.07 Å². The summed E-state index contributed by atoms with van der Waals surface area (Å²) in [5, 5.41) is 4.85. The smallest absolute Gasteiger partial charge is 0.248 e. The number of rotatable bonds is 2. The molecule has 0 aliphatic heterocycles. The Kier molecular flexibility index (Phi) is 2.35. The summed E-state index contributed by atoms with van der Waals surface area (Å²) in [5.41, 5.74) is 5.07. The van der Waals surface area contributed by atoms with Gasteiger partial charge < -0.3 is 5.73 Å². The summed E-state index contributed by atoms with van der Waals surface area (Å²) < 4.78 is 21.7. The maximum absolute atomic E-state index is 10.8. The molecule has 0 spiro atoms. The monoisotopic (exact) mass is 200 g/mol. The lowest BCUT2D eigenvalue weighted by atomic mass is 10.2. The Balaban J connectivity index is 3.29.